The highest BCUT2D eigenvalue weighted by molar-refractivity contribution is 5.73. The van der Waals surface area contributed by atoms with Crippen LogP contribution >= 0.6 is 0 Å². The van der Waals surface area contributed by atoms with Crippen molar-refractivity contribution in [3.05, 3.63) is 0 Å². The van der Waals surface area contributed by atoms with Gasteiger partial charge in [-0.3, -0.25) is 4.79 Å². The van der Waals surface area contributed by atoms with Gasteiger partial charge in [0.25, 0.3) is 0 Å². The van der Waals surface area contributed by atoms with Gasteiger partial charge in [0, 0.05) is 6.42 Å². The third-order valence-electron chi connectivity index (χ3n) is 5.07. The number of hydrogen-bond acceptors (Lipinski definition) is 3. The Balaban J connectivity index is 2.85. The third kappa shape index (κ3) is 9.39. The highest BCUT2D eigenvalue weighted by atomic mass is 16.7. The first kappa shape index (κ1) is 23.5. The summed E-state index contributed by atoms with van der Waals surface area (Å²) in [6, 6.07) is 0. The van der Waals surface area contributed by atoms with Crippen molar-refractivity contribution in [1.82, 2.24) is 0 Å². The van der Waals surface area contributed by atoms with Crippen LogP contribution in [0.25, 0.3) is 0 Å². The van der Waals surface area contributed by atoms with E-state index in [4.69, 9.17) is 9.47 Å². The van der Waals surface area contributed by atoms with E-state index in [-0.39, 0.29) is 34.2 Å². The van der Waals surface area contributed by atoms with Crippen LogP contribution in [0.2, 0.25) is 0 Å². The molecule has 0 saturated heterocycles. The fourth-order valence-electron chi connectivity index (χ4n) is 3.60. The Morgan fingerprint density at radius 1 is 0.846 bits per heavy atom. The summed E-state index contributed by atoms with van der Waals surface area (Å²) in [5, 5.41) is 0. The van der Waals surface area contributed by atoms with E-state index in [2.05, 4.69) is 62.3 Å². The smallest absolute Gasteiger partial charge is 0.311 e. The van der Waals surface area contributed by atoms with Crippen LogP contribution in [0.4, 0.5) is 0 Å². The Kier molecular flexibility index (Phi) is 8.20. The maximum atomic E-state index is 13.1. The lowest BCUT2D eigenvalue weighted by Gasteiger charge is -2.36. The quantitative estimate of drug-likeness (QED) is 0.385. The van der Waals surface area contributed by atoms with Crippen molar-refractivity contribution in [1.29, 1.82) is 0 Å². The summed E-state index contributed by atoms with van der Waals surface area (Å²) in [6.45, 7) is 19.5. The molecule has 2 atom stereocenters. The molecule has 0 N–H and O–H groups in total. The van der Waals surface area contributed by atoms with E-state index in [9.17, 15) is 4.79 Å². The minimum absolute atomic E-state index is 0.0564. The molecule has 0 radical (unpaired) electrons. The fourth-order valence-corrected chi connectivity index (χ4v) is 3.60. The van der Waals surface area contributed by atoms with Crippen molar-refractivity contribution >= 4 is 5.97 Å². The summed E-state index contributed by atoms with van der Waals surface area (Å²) < 4.78 is 12.3. The van der Waals surface area contributed by atoms with Crippen LogP contribution < -0.4 is 0 Å². The molecule has 0 bridgehead atoms. The van der Waals surface area contributed by atoms with Crippen LogP contribution in [0.1, 0.15) is 107 Å². The van der Waals surface area contributed by atoms with Gasteiger partial charge >= 0.3 is 5.97 Å². The van der Waals surface area contributed by atoms with Gasteiger partial charge in [-0.25, -0.2) is 0 Å². The lowest BCUT2D eigenvalue weighted by molar-refractivity contribution is -0.207. The summed E-state index contributed by atoms with van der Waals surface area (Å²) in [4.78, 5) is 13.1. The number of carbonyl (C=O) groups is 1. The standard InChI is InChI=1S/C23H44O3/c1-21(2,3)15-18(23(7,8)9)20(24)26-19(16-22(4,5)6)25-17-13-11-10-12-14-17/h17-19H,10-16H2,1-9H3. The van der Waals surface area contributed by atoms with Crippen LogP contribution in [-0.4, -0.2) is 18.4 Å². The second kappa shape index (κ2) is 9.08. The molecule has 26 heavy (non-hydrogen) atoms. The molecule has 0 aliphatic heterocycles. The molecule has 1 aliphatic rings. The highest BCUT2D eigenvalue weighted by Crippen LogP contribution is 2.38. The van der Waals surface area contributed by atoms with E-state index >= 15 is 0 Å². The Morgan fingerprint density at radius 2 is 1.35 bits per heavy atom. The van der Waals surface area contributed by atoms with Gasteiger partial charge in [0.2, 0.25) is 6.29 Å². The molecule has 0 heterocycles. The van der Waals surface area contributed by atoms with Crippen molar-refractivity contribution in [2.24, 2.45) is 22.2 Å². The van der Waals surface area contributed by atoms with Gasteiger partial charge in [-0.15, -0.1) is 0 Å². The summed E-state index contributed by atoms with van der Waals surface area (Å²) >= 11 is 0. The number of esters is 1. The van der Waals surface area contributed by atoms with Gasteiger partial charge in [-0.05, 0) is 35.5 Å². The minimum Gasteiger partial charge on any atom is -0.435 e. The zero-order valence-corrected chi connectivity index (χ0v) is 18.9. The Labute approximate surface area is 162 Å². The van der Waals surface area contributed by atoms with E-state index in [1.54, 1.807) is 0 Å². The molecule has 0 aromatic rings. The van der Waals surface area contributed by atoms with Gasteiger partial charge in [0.05, 0.1) is 12.0 Å². The topological polar surface area (TPSA) is 35.5 Å². The molecule has 0 aromatic carbocycles. The van der Waals surface area contributed by atoms with Crippen LogP contribution in [0.3, 0.4) is 0 Å². The first-order valence-electron chi connectivity index (χ1n) is 10.5. The van der Waals surface area contributed by atoms with Crippen molar-refractivity contribution in [2.75, 3.05) is 0 Å². The van der Waals surface area contributed by atoms with E-state index in [1.807, 2.05) is 0 Å². The molecule has 1 rings (SSSR count). The van der Waals surface area contributed by atoms with Gasteiger partial charge in [-0.1, -0.05) is 81.6 Å². The van der Waals surface area contributed by atoms with Gasteiger partial charge in [-0.2, -0.15) is 0 Å². The zero-order chi connectivity index (χ0) is 20.2. The average molecular weight is 369 g/mol. The fraction of sp³-hybridized carbons (Fsp3) is 0.957. The molecule has 2 unspecified atom stereocenters. The van der Waals surface area contributed by atoms with Gasteiger partial charge in [0.15, 0.2) is 0 Å². The van der Waals surface area contributed by atoms with E-state index < -0.39 is 6.29 Å². The summed E-state index contributed by atoms with van der Waals surface area (Å²) in [7, 11) is 0. The molecular weight excluding hydrogens is 324 g/mol. The summed E-state index contributed by atoms with van der Waals surface area (Å²) in [5.74, 6) is -0.225. The van der Waals surface area contributed by atoms with Crippen LogP contribution in [0.15, 0.2) is 0 Å². The summed E-state index contributed by atoms with van der Waals surface area (Å²) in [6.07, 6.45) is 7.26. The van der Waals surface area contributed by atoms with E-state index in [0.717, 1.165) is 25.7 Å². The van der Waals surface area contributed by atoms with Crippen LogP contribution in [0, 0.1) is 22.2 Å². The lowest BCUT2D eigenvalue weighted by Crippen LogP contribution is -2.38. The normalized spacial score (nSPS) is 19.9. The van der Waals surface area contributed by atoms with Crippen molar-refractivity contribution in [3.63, 3.8) is 0 Å². The first-order chi connectivity index (χ1) is 11.7. The molecule has 3 nitrogen and oxygen atoms in total. The molecular formula is C23H44O3. The second-order valence-electron chi connectivity index (χ2n) is 11.7. The second-order valence-corrected chi connectivity index (χ2v) is 11.7. The Morgan fingerprint density at radius 3 is 1.77 bits per heavy atom. The Bertz CT molecular complexity index is 428. The van der Waals surface area contributed by atoms with Gasteiger partial charge in [0.1, 0.15) is 0 Å². The Hall–Kier alpha value is -0.570. The number of hydrogen-bond donors (Lipinski definition) is 0. The van der Waals surface area contributed by atoms with Crippen molar-refractivity contribution in [3.8, 4) is 0 Å². The lowest BCUT2D eigenvalue weighted by atomic mass is 9.72. The van der Waals surface area contributed by atoms with E-state index in [1.165, 1.54) is 19.3 Å². The molecule has 0 amide bonds. The number of carbonyl (C=O) groups excluding carboxylic acids is 1. The van der Waals surface area contributed by atoms with Gasteiger partial charge < -0.3 is 9.47 Å². The predicted octanol–water partition coefficient (Wildman–Crippen LogP) is 6.74. The molecule has 154 valence electrons. The molecule has 1 aliphatic carbocycles. The largest absolute Gasteiger partial charge is 0.435 e. The number of ether oxygens (including phenoxy) is 2. The molecule has 1 saturated carbocycles. The highest BCUT2D eigenvalue weighted by Gasteiger charge is 2.38. The van der Waals surface area contributed by atoms with Crippen molar-refractivity contribution in [2.45, 2.75) is 120 Å². The predicted molar refractivity (Wildman–Crippen MR) is 109 cm³/mol. The monoisotopic (exact) mass is 368 g/mol. The van der Waals surface area contributed by atoms with E-state index in [0.29, 0.717) is 0 Å². The molecule has 1 fully saturated rings. The third-order valence-corrected chi connectivity index (χ3v) is 5.07. The van der Waals surface area contributed by atoms with Crippen LogP contribution in [0.5, 0.6) is 0 Å². The average Bonchev–Trinajstić information content (AvgIpc) is 2.41. The maximum absolute atomic E-state index is 13.1. The minimum atomic E-state index is -0.435. The SMILES string of the molecule is CC(C)(C)CC(OC(=O)C(CC(C)(C)C)C(C)(C)C)OC1CCCCC1. The maximum Gasteiger partial charge on any atom is 0.311 e. The van der Waals surface area contributed by atoms with Crippen molar-refractivity contribution < 1.29 is 14.3 Å². The molecule has 0 spiro atoms. The van der Waals surface area contributed by atoms with Crippen LogP contribution in [-0.2, 0) is 14.3 Å². The first-order valence-corrected chi connectivity index (χ1v) is 10.5. The molecule has 0 aromatic heterocycles. The summed E-state index contributed by atoms with van der Waals surface area (Å²) in [5.41, 5.74) is 0.0169. The molecule has 3 heteroatoms. The zero-order valence-electron chi connectivity index (χ0n) is 18.9. The number of rotatable bonds is 6.